The van der Waals surface area contributed by atoms with Crippen molar-refractivity contribution in [2.75, 3.05) is 0 Å². The second-order valence-corrected chi connectivity index (χ2v) is 8.29. The number of halogens is 4. The largest absolute Gasteiger partial charge is 0.414 e. The van der Waals surface area contributed by atoms with Gasteiger partial charge in [0.15, 0.2) is 11.7 Å². The Morgan fingerprint density at radius 3 is 2.83 bits per heavy atom. The molecule has 1 unspecified atom stereocenters. The second kappa shape index (κ2) is 8.15. The van der Waals surface area contributed by atoms with Gasteiger partial charge in [-0.25, -0.2) is 9.50 Å². The number of hydrogen-bond acceptors (Lipinski definition) is 5. The Hall–Kier alpha value is -2.79. The topological polar surface area (TPSA) is 72.2 Å². The van der Waals surface area contributed by atoms with E-state index in [0.29, 0.717) is 10.5 Å². The quantitative estimate of drug-likeness (QED) is 0.439. The van der Waals surface area contributed by atoms with Crippen molar-refractivity contribution in [3.63, 3.8) is 0 Å². The summed E-state index contributed by atoms with van der Waals surface area (Å²) in [6.45, 7) is 0. The molecule has 0 spiro atoms. The number of alkyl halides is 3. The normalized spacial score (nSPS) is 12.8. The van der Waals surface area contributed by atoms with E-state index in [2.05, 4.69) is 31.0 Å². The van der Waals surface area contributed by atoms with Crippen molar-refractivity contribution < 1.29 is 18.0 Å². The van der Waals surface area contributed by atoms with Crippen molar-refractivity contribution in [3.8, 4) is 11.1 Å². The fourth-order valence-corrected chi connectivity index (χ4v) is 4.09. The highest BCUT2D eigenvalue weighted by Gasteiger charge is 2.42. The summed E-state index contributed by atoms with van der Waals surface area (Å²) >= 11 is 4.62. The van der Waals surface area contributed by atoms with Crippen LogP contribution in [0.15, 0.2) is 58.9 Å². The first kappa shape index (κ1) is 20.5. The minimum Gasteiger partial charge on any atom is -0.339 e. The molecule has 4 heterocycles. The molecule has 1 amide bonds. The van der Waals surface area contributed by atoms with Crippen LogP contribution in [0.2, 0.25) is 0 Å². The number of pyridine rings is 1. The molecule has 0 saturated carbocycles. The van der Waals surface area contributed by atoms with E-state index in [1.807, 2.05) is 10.7 Å². The third kappa shape index (κ3) is 4.36. The van der Waals surface area contributed by atoms with Crippen molar-refractivity contribution in [1.29, 1.82) is 0 Å². The number of fused-ring (bicyclic) bond motifs is 1. The van der Waals surface area contributed by atoms with Crippen LogP contribution in [0.3, 0.4) is 0 Å². The summed E-state index contributed by atoms with van der Waals surface area (Å²) < 4.78 is 42.6. The molecule has 0 aliphatic rings. The number of carbonyl (C=O) groups excluding carboxylic acids is 1. The van der Waals surface area contributed by atoms with Gasteiger partial charge in [-0.3, -0.25) is 9.78 Å². The minimum absolute atomic E-state index is 0.178. The first-order chi connectivity index (χ1) is 14.3. The number of hydrogen-bond donors (Lipinski definition) is 1. The van der Waals surface area contributed by atoms with Crippen LogP contribution in [0, 0.1) is 0 Å². The number of carbonyl (C=O) groups is 1. The average Bonchev–Trinajstić information content (AvgIpc) is 3.32. The van der Waals surface area contributed by atoms with Crippen LogP contribution in [0.25, 0.3) is 16.8 Å². The molecule has 0 radical (unpaired) electrons. The highest BCUT2D eigenvalue weighted by Crippen LogP contribution is 2.32. The van der Waals surface area contributed by atoms with E-state index in [0.717, 1.165) is 15.6 Å². The monoisotopic (exact) mass is 495 g/mol. The SMILES string of the molecule is O=C(Cc1cc(-c2cnn3cc(Br)cnc23)cs1)NC(c1ccccn1)C(F)(F)F. The summed E-state index contributed by atoms with van der Waals surface area (Å²) in [5.41, 5.74) is 1.95. The first-order valence-corrected chi connectivity index (χ1v) is 10.3. The second-order valence-electron chi connectivity index (χ2n) is 6.37. The molecule has 11 heteroatoms. The van der Waals surface area contributed by atoms with E-state index in [1.165, 1.54) is 35.7 Å². The Kier molecular flexibility index (Phi) is 5.56. The lowest BCUT2D eigenvalue weighted by Gasteiger charge is -2.21. The molecule has 30 heavy (non-hydrogen) atoms. The van der Waals surface area contributed by atoms with Gasteiger partial charge in [-0.05, 0) is 45.1 Å². The number of rotatable bonds is 5. The molecule has 0 aliphatic carbocycles. The molecular weight excluding hydrogens is 483 g/mol. The van der Waals surface area contributed by atoms with E-state index >= 15 is 0 Å². The maximum Gasteiger partial charge on any atom is 0.414 e. The van der Waals surface area contributed by atoms with Gasteiger partial charge in [-0.1, -0.05) is 6.07 Å². The molecule has 0 saturated heterocycles. The summed E-state index contributed by atoms with van der Waals surface area (Å²) in [5, 5.41) is 8.11. The van der Waals surface area contributed by atoms with E-state index in [1.54, 1.807) is 29.2 Å². The van der Waals surface area contributed by atoms with E-state index < -0.39 is 18.1 Å². The fraction of sp³-hybridized carbons (Fsp3) is 0.158. The molecule has 1 atom stereocenters. The van der Waals surface area contributed by atoms with Crippen LogP contribution < -0.4 is 5.32 Å². The maximum atomic E-state index is 13.4. The van der Waals surface area contributed by atoms with Crippen molar-refractivity contribution in [2.45, 2.75) is 18.6 Å². The van der Waals surface area contributed by atoms with Gasteiger partial charge in [0.2, 0.25) is 5.91 Å². The minimum atomic E-state index is -4.65. The van der Waals surface area contributed by atoms with Gasteiger partial charge in [0.1, 0.15) is 0 Å². The average molecular weight is 496 g/mol. The molecule has 0 fully saturated rings. The molecular formula is C19H13BrF3N5OS. The summed E-state index contributed by atoms with van der Waals surface area (Å²) in [6, 6.07) is 3.79. The van der Waals surface area contributed by atoms with Gasteiger partial charge in [-0.15, -0.1) is 11.3 Å². The van der Waals surface area contributed by atoms with Gasteiger partial charge in [0, 0.05) is 29.0 Å². The zero-order valence-electron chi connectivity index (χ0n) is 15.1. The van der Waals surface area contributed by atoms with E-state index in [9.17, 15) is 18.0 Å². The lowest BCUT2D eigenvalue weighted by atomic mass is 10.1. The zero-order valence-corrected chi connectivity index (χ0v) is 17.5. The van der Waals surface area contributed by atoms with Crippen molar-refractivity contribution >= 4 is 38.8 Å². The smallest absolute Gasteiger partial charge is 0.339 e. The predicted molar refractivity (Wildman–Crippen MR) is 109 cm³/mol. The van der Waals surface area contributed by atoms with Crippen LogP contribution >= 0.6 is 27.3 Å². The summed E-state index contributed by atoms with van der Waals surface area (Å²) in [7, 11) is 0. The van der Waals surface area contributed by atoms with Crippen LogP contribution in [-0.4, -0.2) is 31.7 Å². The molecule has 0 aromatic carbocycles. The fourth-order valence-electron chi connectivity index (χ4n) is 2.91. The summed E-state index contributed by atoms with van der Waals surface area (Å²) in [6.07, 6.45) is 1.50. The zero-order chi connectivity index (χ0) is 21.3. The van der Waals surface area contributed by atoms with Gasteiger partial charge in [-0.2, -0.15) is 18.3 Å². The number of nitrogens with one attached hydrogen (secondary N) is 1. The van der Waals surface area contributed by atoms with Crippen molar-refractivity contribution in [3.05, 3.63) is 69.5 Å². The van der Waals surface area contributed by atoms with Gasteiger partial charge >= 0.3 is 6.18 Å². The molecule has 1 N–H and O–H groups in total. The summed E-state index contributed by atoms with van der Waals surface area (Å²) in [4.78, 5) is 21.0. The Morgan fingerprint density at radius 2 is 2.10 bits per heavy atom. The molecule has 4 aromatic heterocycles. The number of amides is 1. The number of aromatic nitrogens is 4. The molecule has 4 aromatic rings. The van der Waals surface area contributed by atoms with Crippen molar-refractivity contribution in [1.82, 2.24) is 24.9 Å². The standard InChI is InChI=1S/C19H13BrF3N5OS/c20-12-7-25-18-14(8-26-28(18)9-12)11-5-13(30-10-11)6-16(29)27-17(19(21,22)23)15-3-1-2-4-24-15/h1-5,7-10,17H,6H2,(H,27,29). The molecule has 6 nitrogen and oxygen atoms in total. The Balaban J connectivity index is 1.51. The molecule has 154 valence electrons. The summed E-state index contributed by atoms with van der Waals surface area (Å²) in [5.74, 6) is -0.738. The molecule has 0 bridgehead atoms. The highest BCUT2D eigenvalue weighted by atomic mass is 79.9. The van der Waals surface area contributed by atoms with Crippen LogP contribution in [0.5, 0.6) is 0 Å². The predicted octanol–water partition coefficient (Wildman–Crippen LogP) is 4.58. The Labute approximate surface area is 180 Å². The highest BCUT2D eigenvalue weighted by molar-refractivity contribution is 9.10. The molecule has 4 rings (SSSR count). The first-order valence-electron chi connectivity index (χ1n) is 8.65. The van der Waals surface area contributed by atoms with Gasteiger partial charge < -0.3 is 5.32 Å². The number of nitrogens with zero attached hydrogens (tertiary/aromatic N) is 4. The third-order valence-corrected chi connectivity index (χ3v) is 5.59. The number of thiophene rings is 1. The lowest BCUT2D eigenvalue weighted by Crippen LogP contribution is -2.39. The lowest BCUT2D eigenvalue weighted by molar-refractivity contribution is -0.164. The van der Waals surface area contributed by atoms with Crippen molar-refractivity contribution in [2.24, 2.45) is 0 Å². The van der Waals surface area contributed by atoms with E-state index in [4.69, 9.17) is 0 Å². The van der Waals surface area contributed by atoms with Crippen LogP contribution in [0.4, 0.5) is 13.2 Å². The van der Waals surface area contributed by atoms with Gasteiger partial charge in [0.05, 0.1) is 22.8 Å². The Morgan fingerprint density at radius 1 is 1.27 bits per heavy atom. The van der Waals surface area contributed by atoms with E-state index in [-0.39, 0.29) is 12.1 Å². The van der Waals surface area contributed by atoms with Crippen LogP contribution in [-0.2, 0) is 11.2 Å². The molecule has 0 aliphatic heterocycles. The Bertz CT molecular complexity index is 1190. The van der Waals surface area contributed by atoms with Gasteiger partial charge in [0.25, 0.3) is 0 Å². The third-order valence-electron chi connectivity index (χ3n) is 4.24. The maximum absolute atomic E-state index is 13.4. The van der Waals surface area contributed by atoms with Crippen LogP contribution in [0.1, 0.15) is 16.6 Å².